The highest BCUT2D eigenvalue weighted by molar-refractivity contribution is 7.12. The van der Waals surface area contributed by atoms with Crippen LogP contribution in [0.25, 0.3) is 0 Å². The summed E-state index contributed by atoms with van der Waals surface area (Å²) < 4.78 is 10.8. The van der Waals surface area contributed by atoms with Crippen LogP contribution in [0.2, 0.25) is 0 Å². The molecule has 0 aliphatic carbocycles. The molecule has 0 atom stereocenters. The van der Waals surface area contributed by atoms with Gasteiger partial charge in [-0.2, -0.15) is 0 Å². The summed E-state index contributed by atoms with van der Waals surface area (Å²) in [5.41, 5.74) is 1.07. The van der Waals surface area contributed by atoms with Gasteiger partial charge in [0.25, 0.3) is 0 Å². The third-order valence-electron chi connectivity index (χ3n) is 2.51. The number of hydrogen-bond donors (Lipinski definition) is 0. The zero-order valence-electron chi connectivity index (χ0n) is 11.1. The molecule has 5 heteroatoms. The molecule has 0 saturated carbocycles. The molecular weight excluding hydrogens is 250 g/mol. The van der Waals surface area contributed by atoms with Gasteiger partial charge in [0.05, 0.1) is 18.1 Å². The van der Waals surface area contributed by atoms with Crippen LogP contribution in [0.5, 0.6) is 0 Å². The van der Waals surface area contributed by atoms with Crippen molar-refractivity contribution in [1.29, 1.82) is 0 Å². The van der Waals surface area contributed by atoms with Gasteiger partial charge < -0.3 is 14.4 Å². The fourth-order valence-corrected chi connectivity index (χ4v) is 2.30. The molecule has 1 aromatic rings. The zero-order chi connectivity index (χ0) is 13.2. The zero-order valence-corrected chi connectivity index (χ0v) is 11.9. The van der Waals surface area contributed by atoms with Crippen molar-refractivity contribution < 1.29 is 14.3 Å². The predicted molar refractivity (Wildman–Crippen MR) is 74.9 cm³/mol. The first kappa shape index (κ1) is 15.1. The van der Waals surface area contributed by atoms with Crippen molar-refractivity contribution in [3.8, 4) is 0 Å². The average Bonchev–Trinajstić information content (AvgIpc) is 2.86. The smallest absolute Gasteiger partial charge is 0.160 e. The first-order valence-electron chi connectivity index (χ1n) is 6.26. The van der Waals surface area contributed by atoms with E-state index >= 15 is 0 Å². The first-order valence-corrected chi connectivity index (χ1v) is 7.13. The largest absolute Gasteiger partial charge is 0.380 e. The molecule has 18 heavy (non-hydrogen) atoms. The maximum Gasteiger partial charge on any atom is 0.160 e. The Hall–Kier alpha value is -0.910. The van der Waals surface area contributed by atoms with E-state index in [0.717, 1.165) is 43.2 Å². The Bertz CT molecular complexity index is 331. The molecule has 0 aliphatic rings. The lowest BCUT2D eigenvalue weighted by atomic mass is 10.3. The standard InChI is InChI=1S/C13H21NO3S/c1-3-16-7-5-14(6-8-17-4-2)12-9-13(10-15)18-11-12/h9-11H,3-8H2,1-2H3. The van der Waals surface area contributed by atoms with Gasteiger partial charge in [0, 0.05) is 37.4 Å². The Labute approximate surface area is 113 Å². The van der Waals surface area contributed by atoms with Crippen molar-refractivity contribution in [2.24, 2.45) is 0 Å². The second-order valence-electron chi connectivity index (χ2n) is 3.71. The van der Waals surface area contributed by atoms with Crippen molar-refractivity contribution in [3.63, 3.8) is 0 Å². The van der Waals surface area contributed by atoms with E-state index in [1.807, 2.05) is 25.3 Å². The number of nitrogens with zero attached hydrogens (tertiary/aromatic N) is 1. The second kappa shape index (κ2) is 9.08. The quantitative estimate of drug-likeness (QED) is 0.484. The molecule has 1 heterocycles. The highest BCUT2D eigenvalue weighted by Gasteiger charge is 2.08. The molecule has 4 nitrogen and oxygen atoms in total. The Balaban J connectivity index is 2.54. The summed E-state index contributed by atoms with van der Waals surface area (Å²) in [6.45, 7) is 8.43. The van der Waals surface area contributed by atoms with Crippen LogP contribution in [0.1, 0.15) is 23.5 Å². The van der Waals surface area contributed by atoms with E-state index in [0.29, 0.717) is 13.2 Å². The van der Waals surface area contributed by atoms with Crippen LogP contribution in [0, 0.1) is 0 Å². The average molecular weight is 271 g/mol. The summed E-state index contributed by atoms with van der Waals surface area (Å²) in [4.78, 5) is 13.6. The maximum atomic E-state index is 10.7. The van der Waals surface area contributed by atoms with Gasteiger partial charge >= 0.3 is 0 Å². The van der Waals surface area contributed by atoms with Gasteiger partial charge in [0.15, 0.2) is 6.29 Å². The number of hydrogen-bond acceptors (Lipinski definition) is 5. The van der Waals surface area contributed by atoms with Crippen LogP contribution >= 0.6 is 11.3 Å². The molecule has 0 unspecified atom stereocenters. The van der Waals surface area contributed by atoms with Gasteiger partial charge in [-0.15, -0.1) is 11.3 Å². The van der Waals surface area contributed by atoms with E-state index in [1.165, 1.54) is 11.3 Å². The van der Waals surface area contributed by atoms with Gasteiger partial charge in [-0.25, -0.2) is 0 Å². The van der Waals surface area contributed by atoms with Gasteiger partial charge in [0.1, 0.15) is 0 Å². The molecule has 0 amide bonds. The molecule has 0 aromatic carbocycles. The first-order chi connectivity index (χ1) is 8.81. The fourth-order valence-electron chi connectivity index (χ4n) is 1.58. The number of thiophene rings is 1. The molecule has 0 fully saturated rings. The number of anilines is 1. The molecule has 0 aliphatic heterocycles. The van der Waals surface area contributed by atoms with Crippen molar-refractivity contribution in [3.05, 3.63) is 16.3 Å². The molecule has 0 radical (unpaired) electrons. The van der Waals surface area contributed by atoms with Crippen LogP contribution < -0.4 is 4.90 Å². The summed E-state index contributed by atoms with van der Waals surface area (Å²) in [5.74, 6) is 0. The molecular formula is C13H21NO3S. The van der Waals surface area contributed by atoms with E-state index in [1.54, 1.807) is 0 Å². The predicted octanol–water partition coefficient (Wildman–Crippen LogP) is 2.44. The van der Waals surface area contributed by atoms with Crippen LogP contribution in [0.4, 0.5) is 5.69 Å². The molecule has 0 spiro atoms. The summed E-state index contributed by atoms with van der Waals surface area (Å²) >= 11 is 1.46. The molecule has 102 valence electrons. The Kier molecular flexibility index (Phi) is 7.64. The molecule has 0 bridgehead atoms. The summed E-state index contributed by atoms with van der Waals surface area (Å²) in [5, 5.41) is 2.00. The number of ether oxygens (including phenoxy) is 2. The Morgan fingerprint density at radius 3 is 2.28 bits per heavy atom. The summed E-state index contributed by atoms with van der Waals surface area (Å²) in [7, 11) is 0. The van der Waals surface area contributed by atoms with Crippen molar-refractivity contribution in [1.82, 2.24) is 0 Å². The van der Waals surface area contributed by atoms with Crippen LogP contribution in [0.15, 0.2) is 11.4 Å². The van der Waals surface area contributed by atoms with Crippen molar-refractivity contribution in [2.45, 2.75) is 13.8 Å². The number of rotatable bonds is 10. The van der Waals surface area contributed by atoms with Gasteiger partial charge in [0.2, 0.25) is 0 Å². The number of carbonyl (C=O) groups excluding carboxylic acids is 1. The molecule has 1 aromatic heterocycles. The SMILES string of the molecule is CCOCCN(CCOCC)c1csc(C=O)c1. The topological polar surface area (TPSA) is 38.8 Å². The van der Waals surface area contributed by atoms with Crippen LogP contribution in [0.3, 0.4) is 0 Å². The third kappa shape index (κ3) is 5.16. The van der Waals surface area contributed by atoms with Gasteiger partial charge in [-0.1, -0.05) is 0 Å². The molecule has 0 saturated heterocycles. The van der Waals surface area contributed by atoms with Crippen molar-refractivity contribution >= 4 is 23.3 Å². The lowest BCUT2D eigenvalue weighted by Crippen LogP contribution is -2.30. The summed E-state index contributed by atoms with van der Waals surface area (Å²) in [6.07, 6.45) is 0.886. The fraction of sp³-hybridized carbons (Fsp3) is 0.615. The maximum absolute atomic E-state index is 10.7. The van der Waals surface area contributed by atoms with Crippen LogP contribution in [-0.4, -0.2) is 45.8 Å². The van der Waals surface area contributed by atoms with E-state index in [9.17, 15) is 4.79 Å². The molecule has 1 rings (SSSR count). The number of carbonyl (C=O) groups is 1. The minimum atomic E-state index is 0.689. The summed E-state index contributed by atoms with van der Waals surface area (Å²) in [6, 6.07) is 1.91. The van der Waals surface area contributed by atoms with E-state index in [-0.39, 0.29) is 0 Å². The highest BCUT2D eigenvalue weighted by atomic mass is 32.1. The second-order valence-corrected chi connectivity index (χ2v) is 4.65. The van der Waals surface area contributed by atoms with E-state index in [2.05, 4.69) is 4.90 Å². The third-order valence-corrected chi connectivity index (χ3v) is 3.35. The van der Waals surface area contributed by atoms with E-state index < -0.39 is 0 Å². The van der Waals surface area contributed by atoms with E-state index in [4.69, 9.17) is 9.47 Å². The lowest BCUT2D eigenvalue weighted by molar-refractivity contribution is 0.112. The van der Waals surface area contributed by atoms with Gasteiger partial charge in [-0.3, -0.25) is 4.79 Å². The number of aldehydes is 1. The highest BCUT2D eigenvalue weighted by Crippen LogP contribution is 2.21. The lowest BCUT2D eigenvalue weighted by Gasteiger charge is -2.23. The Morgan fingerprint density at radius 1 is 1.22 bits per heavy atom. The normalized spacial score (nSPS) is 10.6. The monoisotopic (exact) mass is 271 g/mol. The van der Waals surface area contributed by atoms with Gasteiger partial charge in [-0.05, 0) is 19.9 Å². The van der Waals surface area contributed by atoms with Crippen LogP contribution in [-0.2, 0) is 9.47 Å². The minimum absolute atomic E-state index is 0.689. The van der Waals surface area contributed by atoms with Crippen molar-refractivity contribution in [2.75, 3.05) is 44.4 Å². The molecule has 0 N–H and O–H groups in total. The minimum Gasteiger partial charge on any atom is -0.380 e. The Morgan fingerprint density at radius 2 is 1.83 bits per heavy atom.